The lowest BCUT2D eigenvalue weighted by Crippen LogP contribution is -2.24. The highest BCUT2D eigenvalue weighted by atomic mass is 16.4. The first-order valence-corrected chi connectivity index (χ1v) is 5.86. The van der Waals surface area contributed by atoms with Gasteiger partial charge in [0.25, 0.3) is 0 Å². The molecule has 0 spiro atoms. The molecule has 0 heterocycles. The molecule has 0 saturated carbocycles. The molecule has 0 bridgehead atoms. The monoisotopic (exact) mass is 267 g/mol. The van der Waals surface area contributed by atoms with Crippen LogP contribution in [0.1, 0.15) is 42.2 Å². The molecule has 98 valence electrons. The average Bonchev–Trinajstić information content (AvgIpc) is 2.43. The molecular formula is C15H9NO4. The zero-order valence-corrected chi connectivity index (χ0v) is 10.2. The average molecular weight is 267 g/mol. The molecule has 0 unspecified atom stereocenters. The van der Waals surface area contributed by atoms with E-state index in [4.69, 9.17) is 10.8 Å². The maximum atomic E-state index is 12.4. The van der Waals surface area contributed by atoms with Crippen LogP contribution in [0.25, 0.3) is 0 Å². The molecule has 0 aromatic heterocycles. The largest absolute Gasteiger partial charge is 0.478 e. The number of benzene rings is 2. The summed E-state index contributed by atoms with van der Waals surface area (Å²) in [6, 6.07) is 8.62. The third-order valence-electron chi connectivity index (χ3n) is 3.30. The Kier molecular flexibility index (Phi) is 2.44. The van der Waals surface area contributed by atoms with Gasteiger partial charge in [0.15, 0.2) is 11.6 Å². The molecule has 3 rings (SSSR count). The van der Waals surface area contributed by atoms with Crippen LogP contribution in [-0.2, 0) is 0 Å². The molecule has 0 aliphatic heterocycles. The minimum Gasteiger partial charge on any atom is -0.478 e. The Morgan fingerprint density at radius 2 is 1.70 bits per heavy atom. The number of ketones is 2. The van der Waals surface area contributed by atoms with Crippen molar-refractivity contribution in [3.05, 3.63) is 64.2 Å². The SMILES string of the molecule is Nc1ccc2c(c1)C(=O)c1cccc(C(=O)O)c1C2=O. The molecule has 0 amide bonds. The summed E-state index contributed by atoms with van der Waals surface area (Å²) in [6.45, 7) is 0. The summed E-state index contributed by atoms with van der Waals surface area (Å²) in [5.74, 6) is -2.08. The summed E-state index contributed by atoms with van der Waals surface area (Å²) in [4.78, 5) is 36.0. The van der Waals surface area contributed by atoms with E-state index in [0.717, 1.165) is 0 Å². The number of hydrogen-bond donors (Lipinski definition) is 2. The number of carboxylic acid groups (broad SMARTS) is 1. The van der Waals surface area contributed by atoms with Crippen LogP contribution in [0, 0.1) is 0 Å². The molecule has 2 aromatic carbocycles. The van der Waals surface area contributed by atoms with Gasteiger partial charge < -0.3 is 10.8 Å². The van der Waals surface area contributed by atoms with Gasteiger partial charge in [-0.05, 0) is 24.3 Å². The lowest BCUT2D eigenvalue weighted by Gasteiger charge is -2.19. The molecule has 1 aliphatic carbocycles. The maximum Gasteiger partial charge on any atom is 0.336 e. The number of nitrogens with two attached hydrogens (primary N) is 1. The third kappa shape index (κ3) is 1.53. The number of hydrogen-bond acceptors (Lipinski definition) is 4. The summed E-state index contributed by atoms with van der Waals surface area (Å²) in [6.07, 6.45) is 0. The summed E-state index contributed by atoms with van der Waals surface area (Å²) < 4.78 is 0. The quantitative estimate of drug-likeness (QED) is 0.654. The van der Waals surface area contributed by atoms with Crippen molar-refractivity contribution in [1.82, 2.24) is 0 Å². The van der Waals surface area contributed by atoms with Crippen LogP contribution in [0.15, 0.2) is 36.4 Å². The van der Waals surface area contributed by atoms with Gasteiger partial charge >= 0.3 is 5.97 Å². The first-order chi connectivity index (χ1) is 9.50. The molecule has 0 radical (unpaired) electrons. The first-order valence-electron chi connectivity index (χ1n) is 5.86. The minimum atomic E-state index is -1.23. The summed E-state index contributed by atoms with van der Waals surface area (Å²) >= 11 is 0. The highest BCUT2D eigenvalue weighted by Crippen LogP contribution is 2.30. The van der Waals surface area contributed by atoms with Crippen LogP contribution in [0.5, 0.6) is 0 Å². The number of carboxylic acids is 1. The van der Waals surface area contributed by atoms with Crippen LogP contribution in [0.4, 0.5) is 5.69 Å². The molecule has 3 N–H and O–H groups in total. The van der Waals surface area contributed by atoms with Crippen LogP contribution in [0.2, 0.25) is 0 Å². The Balaban J connectivity index is 2.35. The van der Waals surface area contributed by atoms with E-state index in [2.05, 4.69) is 0 Å². The number of carbonyl (C=O) groups is 3. The lowest BCUT2D eigenvalue weighted by molar-refractivity contribution is 0.0692. The Hall–Kier alpha value is -2.95. The summed E-state index contributed by atoms with van der Waals surface area (Å²) in [5, 5.41) is 9.15. The molecular weight excluding hydrogens is 258 g/mol. The summed E-state index contributed by atoms with van der Waals surface area (Å²) in [5.41, 5.74) is 6.29. The number of anilines is 1. The summed E-state index contributed by atoms with van der Waals surface area (Å²) in [7, 11) is 0. The van der Waals surface area contributed by atoms with Gasteiger partial charge in [-0.25, -0.2) is 4.79 Å². The number of fused-ring (bicyclic) bond motifs is 2. The van der Waals surface area contributed by atoms with Crippen LogP contribution in [-0.4, -0.2) is 22.6 Å². The van der Waals surface area contributed by atoms with Gasteiger partial charge in [0.1, 0.15) is 0 Å². The second-order valence-electron chi connectivity index (χ2n) is 4.50. The van der Waals surface area contributed by atoms with Crippen molar-refractivity contribution in [3.8, 4) is 0 Å². The topological polar surface area (TPSA) is 97.5 Å². The van der Waals surface area contributed by atoms with Crippen molar-refractivity contribution < 1.29 is 19.5 Å². The van der Waals surface area contributed by atoms with E-state index < -0.39 is 11.8 Å². The van der Waals surface area contributed by atoms with E-state index in [0.29, 0.717) is 5.69 Å². The molecule has 2 aromatic rings. The Morgan fingerprint density at radius 3 is 2.40 bits per heavy atom. The van der Waals surface area contributed by atoms with Crippen molar-refractivity contribution >= 4 is 23.2 Å². The van der Waals surface area contributed by atoms with E-state index in [1.807, 2.05) is 0 Å². The number of nitrogen functional groups attached to an aromatic ring is 1. The molecule has 20 heavy (non-hydrogen) atoms. The second-order valence-corrected chi connectivity index (χ2v) is 4.50. The minimum absolute atomic E-state index is 0.0535. The Bertz CT molecular complexity index is 792. The van der Waals surface area contributed by atoms with E-state index >= 15 is 0 Å². The zero-order chi connectivity index (χ0) is 14.4. The molecule has 0 saturated heterocycles. The van der Waals surface area contributed by atoms with Crippen LogP contribution in [0.3, 0.4) is 0 Å². The first kappa shape index (κ1) is 12.1. The molecule has 0 atom stereocenters. The smallest absolute Gasteiger partial charge is 0.336 e. The maximum absolute atomic E-state index is 12.4. The third-order valence-corrected chi connectivity index (χ3v) is 3.30. The number of carbonyl (C=O) groups excluding carboxylic acids is 2. The van der Waals surface area contributed by atoms with Crippen LogP contribution >= 0.6 is 0 Å². The van der Waals surface area contributed by atoms with Crippen molar-refractivity contribution in [2.75, 3.05) is 5.73 Å². The molecule has 5 heteroatoms. The van der Waals surface area contributed by atoms with Crippen molar-refractivity contribution in [2.45, 2.75) is 0 Å². The molecule has 5 nitrogen and oxygen atoms in total. The van der Waals surface area contributed by atoms with Gasteiger partial charge in [-0.2, -0.15) is 0 Å². The second kappa shape index (κ2) is 4.03. The van der Waals surface area contributed by atoms with Gasteiger partial charge in [0.2, 0.25) is 0 Å². The van der Waals surface area contributed by atoms with Crippen molar-refractivity contribution in [1.29, 1.82) is 0 Å². The molecule has 1 aliphatic rings. The molecule has 0 fully saturated rings. The standard InChI is InChI=1S/C15H9NO4/c16-7-4-5-8-11(6-7)13(17)9-2-1-3-10(15(19)20)12(9)14(8)18/h1-6H,16H2,(H,19,20). The predicted molar refractivity (Wildman–Crippen MR) is 71.1 cm³/mol. The number of aromatic carboxylic acids is 1. The number of rotatable bonds is 1. The van der Waals surface area contributed by atoms with E-state index in [1.165, 1.54) is 36.4 Å². The van der Waals surface area contributed by atoms with Gasteiger partial charge in [0.05, 0.1) is 5.56 Å². The fraction of sp³-hybridized carbons (Fsp3) is 0. The van der Waals surface area contributed by atoms with E-state index in [-0.39, 0.29) is 33.6 Å². The van der Waals surface area contributed by atoms with Gasteiger partial charge in [-0.3, -0.25) is 9.59 Å². The normalized spacial score (nSPS) is 12.8. The lowest BCUT2D eigenvalue weighted by atomic mass is 9.81. The Labute approximate surface area is 113 Å². The fourth-order valence-electron chi connectivity index (χ4n) is 2.39. The van der Waals surface area contributed by atoms with E-state index in [9.17, 15) is 14.4 Å². The predicted octanol–water partition coefficient (Wildman–Crippen LogP) is 1.74. The van der Waals surface area contributed by atoms with E-state index in [1.54, 1.807) is 0 Å². The van der Waals surface area contributed by atoms with Gasteiger partial charge in [-0.15, -0.1) is 0 Å². The van der Waals surface area contributed by atoms with Crippen LogP contribution < -0.4 is 5.73 Å². The Morgan fingerprint density at radius 1 is 0.950 bits per heavy atom. The van der Waals surface area contributed by atoms with Gasteiger partial charge in [0, 0.05) is 27.9 Å². The highest BCUT2D eigenvalue weighted by Gasteiger charge is 2.33. The van der Waals surface area contributed by atoms with Crippen molar-refractivity contribution in [2.24, 2.45) is 0 Å². The fourth-order valence-corrected chi connectivity index (χ4v) is 2.39. The van der Waals surface area contributed by atoms with Crippen molar-refractivity contribution in [3.63, 3.8) is 0 Å². The van der Waals surface area contributed by atoms with Gasteiger partial charge in [-0.1, -0.05) is 12.1 Å². The zero-order valence-electron chi connectivity index (χ0n) is 10.2. The highest BCUT2D eigenvalue weighted by molar-refractivity contribution is 6.30.